The van der Waals surface area contributed by atoms with Crippen LogP contribution in [0.15, 0.2) is 73.4 Å². The number of ether oxygens (including phenoxy) is 2. The maximum absolute atomic E-state index is 11.4. The molecular formula is C41H67NaO18. The molecule has 1 saturated heterocycles. The molecule has 18 nitrogen and oxygen atoms in total. The molecule has 0 aromatic carbocycles. The molecule has 4 unspecified atom stereocenters. The first-order valence-corrected chi connectivity index (χ1v) is 17.5. The average Bonchev–Trinajstić information content (AvgIpc) is 3.07. The van der Waals surface area contributed by atoms with Crippen molar-refractivity contribution in [1.29, 1.82) is 0 Å². The minimum Gasteiger partial charge on any atom is -0.550 e. The van der Waals surface area contributed by atoms with Gasteiger partial charge >= 0.3 is 47.5 Å². The van der Waals surface area contributed by atoms with Gasteiger partial charge in [-0.05, 0) is 90.7 Å². The predicted octanol–water partition coefficient (Wildman–Crippen LogP) is -2.67. The first kappa shape index (κ1) is 68.1. The van der Waals surface area contributed by atoms with E-state index in [2.05, 4.69) is 44.2 Å². The van der Waals surface area contributed by atoms with Crippen LogP contribution in [-0.2, 0) is 38.2 Å². The van der Waals surface area contributed by atoms with E-state index in [1.54, 1.807) is 27.7 Å². The van der Waals surface area contributed by atoms with E-state index in [1.807, 2.05) is 0 Å². The van der Waals surface area contributed by atoms with Crippen molar-refractivity contribution in [1.82, 2.24) is 0 Å². The zero-order valence-electron chi connectivity index (χ0n) is 36.9. The van der Waals surface area contributed by atoms with Crippen molar-refractivity contribution >= 4 is 35.4 Å². The minimum atomic E-state index is -1.58. The Morgan fingerprint density at radius 1 is 0.783 bits per heavy atom. The van der Waals surface area contributed by atoms with Crippen LogP contribution in [0, 0.1) is 0 Å². The van der Waals surface area contributed by atoms with Crippen LogP contribution in [0.1, 0.15) is 88.0 Å². The first-order valence-electron chi connectivity index (χ1n) is 17.5. The summed E-state index contributed by atoms with van der Waals surface area (Å²) in [4.78, 5) is 62.0. The molecule has 19 heteroatoms. The number of aliphatic hydroxyl groups excluding tert-OH is 4. The Kier molecular flexibility index (Phi) is 36.4. The normalized spacial score (nSPS) is 16.8. The van der Waals surface area contributed by atoms with E-state index in [0.29, 0.717) is 5.57 Å². The number of esters is 2. The van der Waals surface area contributed by atoms with E-state index >= 15 is 0 Å². The van der Waals surface area contributed by atoms with Gasteiger partial charge < -0.3 is 65.3 Å². The summed E-state index contributed by atoms with van der Waals surface area (Å²) in [5.74, 6) is -3.50. The molecule has 0 aliphatic carbocycles. The molecule has 1 heterocycles. The summed E-state index contributed by atoms with van der Waals surface area (Å²) in [6.45, 7) is 32.6. The van der Waals surface area contributed by atoms with Crippen LogP contribution >= 0.6 is 0 Å². The van der Waals surface area contributed by atoms with Gasteiger partial charge in [-0.1, -0.05) is 39.5 Å². The number of carbonyl (C=O) groups excluding carboxylic acids is 5. The van der Waals surface area contributed by atoms with Crippen LogP contribution in [0.5, 0.6) is 0 Å². The van der Waals surface area contributed by atoms with Crippen LogP contribution in [0.2, 0.25) is 0 Å². The number of hydrogen-bond donors (Lipinski definition) is 9. The largest absolute Gasteiger partial charge is 1.00 e. The van der Waals surface area contributed by atoms with Gasteiger partial charge in [-0.25, -0.2) is 0 Å². The Balaban J connectivity index is -0.000000149. The van der Waals surface area contributed by atoms with Gasteiger partial charge in [-0.15, -0.1) is 0 Å². The SMILES string of the molecule is C=C(CO)C(C)(O)CC(=O)O.C=C(CO)C(C)(O)CC(=O)OC(C)(C)C.C=C(CO)C(C)(O)CC(=O)[O-].C=C(CO)C(C)=O.C=C1COC(=O)CC1(C)O.C=CC(C)=O.[Na+]. The molecule has 1 fully saturated rings. The number of rotatable bonds is 15. The second-order valence-corrected chi connectivity index (χ2v) is 14.8. The molecule has 1 aliphatic heterocycles. The van der Waals surface area contributed by atoms with E-state index < -0.39 is 72.0 Å². The van der Waals surface area contributed by atoms with Crippen molar-refractivity contribution in [3.05, 3.63) is 73.4 Å². The molecule has 4 atom stereocenters. The maximum atomic E-state index is 11.4. The Bertz CT molecular complexity index is 1440. The predicted molar refractivity (Wildman–Crippen MR) is 216 cm³/mol. The van der Waals surface area contributed by atoms with Crippen LogP contribution in [-0.4, -0.2) is 142 Å². The molecular weight excluding hydrogens is 803 g/mol. The van der Waals surface area contributed by atoms with Crippen molar-refractivity contribution < 1.29 is 119 Å². The number of carboxylic acid groups (broad SMARTS) is 2. The summed E-state index contributed by atoms with van der Waals surface area (Å²) >= 11 is 0. The topological polar surface area (TPSA) is 326 Å². The molecule has 340 valence electrons. The van der Waals surface area contributed by atoms with Crippen molar-refractivity contribution in [2.45, 2.75) is 116 Å². The van der Waals surface area contributed by atoms with Gasteiger partial charge in [0.05, 0.1) is 68.1 Å². The molecule has 0 amide bonds. The van der Waals surface area contributed by atoms with Crippen LogP contribution < -0.4 is 34.7 Å². The van der Waals surface area contributed by atoms with Crippen LogP contribution in [0.25, 0.3) is 0 Å². The van der Waals surface area contributed by atoms with E-state index in [-0.39, 0.29) is 102 Å². The number of aliphatic carboxylic acids is 2. The Labute approximate surface area is 375 Å². The van der Waals surface area contributed by atoms with E-state index in [9.17, 15) is 54.3 Å². The summed E-state index contributed by atoms with van der Waals surface area (Å²) in [5, 5.41) is 90.2. The summed E-state index contributed by atoms with van der Waals surface area (Å²) in [6, 6.07) is 0. The fourth-order valence-electron chi connectivity index (χ4n) is 3.01. The quantitative estimate of drug-likeness (QED) is 0.0351. The third-order valence-electron chi connectivity index (χ3n) is 7.38. The molecule has 0 radical (unpaired) electrons. The number of ketones is 2. The number of Topliss-reactive ketones (excluding diaryl/α,β-unsaturated/α-hetero) is 1. The Morgan fingerprint density at radius 2 is 1.13 bits per heavy atom. The van der Waals surface area contributed by atoms with Crippen LogP contribution in [0.3, 0.4) is 0 Å². The van der Waals surface area contributed by atoms with Gasteiger partial charge in [0.2, 0.25) is 0 Å². The first-order chi connectivity index (χ1) is 26.4. The van der Waals surface area contributed by atoms with Crippen molar-refractivity contribution in [2.24, 2.45) is 0 Å². The molecule has 9 N–H and O–H groups in total. The number of carbonyl (C=O) groups is 6. The summed E-state index contributed by atoms with van der Waals surface area (Å²) in [6.07, 6.45) is 0.105. The van der Waals surface area contributed by atoms with Gasteiger partial charge in [0.25, 0.3) is 0 Å². The van der Waals surface area contributed by atoms with Crippen LogP contribution in [0.4, 0.5) is 0 Å². The Hall–Kier alpha value is -3.66. The van der Waals surface area contributed by atoms with Gasteiger partial charge in [-0.3, -0.25) is 24.0 Å². The van der Waals surface area contributed by atoms with Gasteiger partial charge in [0.15, 0.2) is 11.6 Å². The second kappa shape index (κ2) is 32.1. The molecule has 0 bridgehead atoms. The van der Waals surface area contributed by atoms with Crippen molar-refractivity contribution in [3.63, 3.8) is 0 Å². The third kappa shape index (κ3) is 37.3. The van der Waals surface area contributed by atoms with E-state index in [1.165, 1.54) is 40.7 Å². The van der Waals surface area contributed by atoms with Gasteiger partial charge in [-0.2, -0.15) is 0 Å². The standard InChI is InChI=1S/C11H20O4.2C7H12O4.C7H10O3.C5H8O2.C4H6O.Na/c1-8(7-12)11(5,14)6-9(13)15-10(2,3)4;2*1-5(4-8)7(2,11)3-6(9)10;1-5-4-10-6(8)3-7(5,2)9;1-4(3-6)5(2)7;1-3-4(2)5;/h12,14H,1,6-7H2,2-5H3;2*8,11H,1,3-4H2,2H3,(H,9,10);9H,1,3-4H2,2H3;6H,1,3H2,2H3;3H,1H2,2H3;/q;;;;;;+1/p-1. The summed E-state index contributed by atoms with van der Waals surface area (Å²) < 4.78 is 9.67. The van der Waals surface area contributed by atoms with E-state index in [0.717, 1.165) is 0 Å². The van der Waals surface area contributed by atoms with Gasteiger partial charge in [0, 0.05) is 18.0 Å². The van der Waals surface area contributed by atoms with E-state index in [4.69, 9.17) is 30.3 Å². The average molecular weight is 871 g/mol. The summed E-state index contributed by atoms with van der Waals surface area (Å²) in [7, 11) is 0. The zero-order valence-corrected chi connectivity index (χ0v) is 38.9. The number of aliphatic hydroxyl groups is 8. The number of allylic oxidation sites excluding steroid dienone is 1. The number of hydrogen-bond acceptors (Lipinski definition) is 17. The maximum Gasteiger partial charge on any atom is 1.00 e. The van der Waals surface area contributed by atoms with Gasteiger partial charge in [0.1, 0.15) is 12.2 Å². The molecule has 1 rings (SSSR count). The smallest absolute Gasteiger partial charge is 0.550 e. The monoisotopic (exact) mass is 870 g/mol. The zero-order chi connectivity index (χ0) is 48.3. The molecule has 0 saturated carbocycles. The minimum absolute atomic E-state index is 0. The summed E-state index contributed by atoms with van der Waals surface area (Å²) in [5.41, 5.74) is -4.93. The Morgan fingerprint density at radius 3 is 1.35 bits per heavy atom. The number of cyclic esters (lactones) is 1. The molecule has 0 spiro atoms. The fourth-order valence-corrected chi connectivity index (χ4v) is 3.01. The molecule has 0 aromatic heterocycles. The molecule has 60 heavy (non-hydrogen) atoms. The molecule has 1 aliphatic rings. The molecule has 0 aromatic rings. The second-order valence-electron chi connectivity index (χ2n) is 14.8. The van der Waals surface area contributed by atoms with Crippen molar-refractivity contribution in [3.8, 4) is 0 Å². The third-order valence-corrected chi connectivity index (χ3v) is 7.38. The van der Waals surface area contributed by atoms with Crippen molar-refractivity contribution in [2.75, 3.05) is 33.0 Å². The fraction of sp³-hybridized carbons (Fsp3) is 0.561. The number of carboxylic acids is 2.